The summed E-state index contributed by atoms with van der Waals surface area (Å²) < 4.78 is 6.82. The minimum atomic E-state index is -0.676. The zero-order chi connectivity index (χ0) is 26.1. The van der Waals surface area contributed by atoms with Gasteiger partial charge in [-0.1, -0.05) is 28.9 Å². The van der Waals surface area contributed by atoms with Gasteiger partial charge in [0.25, 0.3) is 5.91 Å². The lowest BCUT2D eigenvalue weighted by atomic mass is 10.0. The smallest absolute Gasteiger partial charge is 0.254 e. The van der Waals surface area contributed by atoms with Crippen LogP contribution in [0.2, 0.25) is 5.02 Å². The van der Waals surface area contributed by atoms with E-state index in [0.717, 1.165) is 5.56 Å². The molecule has 0 bridgehead atoms. The topological polar surface area (TPSA) is 155 Å². The molecule has 0 aliphatic heterocycles. The van der Waals surface area contributed by atoms with Gasteiger partial charge in [-0.05, 0) is 51.5 Å². The van der Waals surface area contributed by atoms with Crippen LogP contribution in [0.5, 0.6) is 0 Å². The maximum atomic E-state index is 12.8. The Kier molecular flexibility index (Phi) is 6.80. The fraction of sp³-hybridized carbons (Fsp3) is 0.240. The van der Waals surface area contributed by atoms with Crippen molar-refractivity contribution in [3.05, 3.63) is 64.4 Å². The normalized spacial score (nSPS) is 12.1. The van der Waals surface area contributed by atoms with Crippen LogP contribution in [-0.2, 0) is 4.79 Å². The second-order valence-electron chi connectivity index (χ2n) is 8.75. The van der Waals surface area contributed by atoms with Crippen molar-refractivity contribution in [2.24, 2.45) is 5.73 Å². The number of halogens is 1. The molecule has 0 saturated carbocycles. The summed E-state index contributed by atoms with van der Waals surface area (Å²) in [4.78, 5) is 29.3. The molecule has 0 spiro atoms. The van der Waals surface area contributed by atoms with Crippen LogP contribution in [0.3, 0.4) is 0 Å². The highest BCUT2D eigenvalue weighted by Gasteiger charge is 2.24. The van der Waals surface area contributed by atoms with Gasteiger partial charge in [-0.25, -0.2) is 4.68 Å². The fourth-order valence-corrected chi connectivity index (χ4v) is 4.07. The molecule has 4 rings (SSSR count). The molecule has 1 atom stereocenters. The highest BCUT2D eigenvalue weighted by Crippen LogP contribution is 2.31. The number of aromatic nitrogens is 4. The Morgan fingerprint density at radius 1 is 1.14 bits per heavy atom. The van der Waals surface area contributed by atoms with E-state index in [4.69, 9.17) is 27.6 Å². The number of anilines is 2. The molecule has 11 heteroatoms. The van der Waals surface area contributed by atoms with Crippen LogP contribution in [0.25, 0.3) is 22.5 Å². The number of hydrogen-bond donors (Lipinski definition) is 3. The fourth-order valence-electron chi connectivity index (χ4n) is 3.74. The number of nitrogen functional groups attached to an aromatic ring is 1. The largest absolute Gasteiger partial charge is 0.383 e. The summed E-state index contributed by atoms with van der Waals surface area (Å²) in [7, 11) is 0. The first kappa shape index (κ1) is 24.9. The molecule has 0 aliphatic carbocycles. The Bertz CT molecular complexity index is 1440. The van der Waals surface area contributed by atoms with Crippen LogP contribution in [0.1, 0.15) is 54.3 Å². The highest BCUT2D eigenvalue weighted by atomic mass is 35.5. The van der Waals surface area contributed by atoms with E-state index < -0.39 is 11.8 Å². The van der Waals surface area contributed by atoms with Gasteiger partial charge in [0, 0.05) is 29.4 Å². The zero-order valence-electron chi connectivity index (χ0n) is 20.2. The van der Waals surface area contributed by atoms with Crippen LogP contribution in [0.4, 0.5) is 11.7 Å². The van der Waals surface area contributed by atoms with Crippen molar-refractivity contribution >= 4 is 35.1 Å². The molecule has 1 aromatic carbocycles. The molecule has 3 heterocycles. The van der Waals surface area contributed by atoms with Crippen molar-refractivity contribution < 1.29 is 14.1 Å². The monoisotopic (exact) mass is 507 g/mol. The molecule has 10 nitrogen and oxygen atoms in total. The van der Waals surface area contributed by atoms with Crippen molar-refractivity contribution in [1.29, 1.82) is 0 Å². The number of primary amides is 1. The standard InChI is InChI=1S/C25H26ClN7O3/c1-12(2)33-23(27)21(24(28)34)22(31-33)15-6-8-18(29-11-15)14(4)25(35)30-20-10-19(32-36-20)16-7-5-13(3)9-17(16)26/h5-12,14H,27H2,1-4H3,(H2,28,34)(H,30,35). The second kappa shape index (κ2) is 9.82. The molecular weight excluding hydrogens is 482 g/mol. The number of rotatable bonds is 7. The van der Waals surface area contributed by atoms with Gasteiger partial charge in [0.05, 0.1) is 16.6 Å². The van der Waals surface area contributed by atoms with Gasteiger partial charge in [0.2, 0.25) is 11.8 Å². The molecule has 0 aliphatic rings. The van der Waals surface area contributed by atoms with E-state index in [-0.39, 0.29) is 29.2 Å². The van der Waals surface area contributed by atoms with Gasteiger partial charge in [-0.2, -0.15) is 5.10 Å². The average molecular weight is 508 g/mol. The summed E-state index contributed by atoms with van der Waals surface area (Å²) in [6, 6.07) is 10.5. The predicted molar refractivity (Wildman–Crippen MR) is 138 cm³/mol. The van der Waals surface area contributed by atoms with Gasteiger partial charge >= 0.3 is 0 Å². The summed E-state index contributed by atoms with van der Waals surface area (Å²) >= 11 is 6.30. The van der Waals surface area contributed by atoms with Gasteiger partial charge in [0.15, 0.2) is 0 Å². The second-order valence-corrected chi connectivity index (χ2v) is 9.16. The van der Waals surface area contributed by atoms with E-state index in [1.165, 1.54) is 10.9 Å². The first-order chi connectivity index (χ1) is 17.1. The first-order valence-corrected chi connectivity index (χ1v) is 11.6. The average Bonchev–Trinajstić information content (AvgIpc) is 3.43. The lowest BCUT2D eigenvalue weighted by Crippen LogP contribution is -2.19. The molecule has 0 radical (unpaired) electrons. The van der Waals surface area contributed by atoms with Gasteiger partial charge < -0.3 is 16.0 Å². The van der Waals surface area contributed by atoms with Gasteiger partial charge in [-0.3, -0.25) is 19.9 Å². The Morgan fingerprint density at radius 2 is 1.89 bits per heavy atom. The number of amides is 2. The Balaban J connectivity index is 1.51. The van der Waals surface area contributed by atoms with Gasteiger partial charge in [0.1, 0.15) is 22.8 Å². The molecule has 1 unspecified atom stereocenters. The molecule has 0 fully saturated rings. The third kappa shape index (κ3) is 4.80. The molecule has 3 aromatic heterocycles. The zero-order valence-corrected chi connectivity index (χ0v) is 21.0. The van der Waals surface area contributed by atoms with Crippen LogP contribution in [-0.4, -0.2) is 31.7 Å². The van der Waals surface area contributed by atoms with Crippen molar-refractivity contribution in [2.75, 3.05) is 11.1 Å². The summed E-state index contributed by atoms with van der Waals surface area (Å²) in [5.74, 6) is -1.23. The molecular formula is C25H26ClN7O3. The van der Waals surface area contributed by atoms with Gasteiger partial charge in [-0.15, -0.1) is 0 Å². The van der Waals surface area contributed by atoms with E-state index in [1.807, 2.05) is 39.0 Å². The molecule has 36 heavy (non-hydrogen) atoms. The molecule has 186 valence electrons. The number of benzene rings is 1. The van der Waals surface area contributed by atoms with Crippen LogP contribution in [0.15, 0.2) is 47.1 Å². The Morgan fingerprint density at radius 3 is 2.50 bits per heavy atom. The van der Waals surface area contributed by atoms with E-state index in [9.17, 15) is 9.59 Å². The quantitative estimate of drug-likeness (QED) is 0.331. The van der Waals surface area contributed by atoms with E-state index in [2.05, 4.69) is 20.6 Å². The van der Waals surface area contributed by atoms with E-state index >= 15 is 0 Å². The number of nitrogens with two attached hydrogens (primary N) is 2. The lowest BCUT2D eigenvalue weighted by Gasteiger charge is -2.10. The SMILES string of the molecule is Cc1ccc(-c2cc(NC(=O)C(C)c3ccc(-c4nn(C(C)C)c(N)c4C(N)=O)cn3)on2)c(Cl)c1. The summed E-state index contributed by atoms with van der Waals surface area (Å²) in [5, 5.41) is 11.7. The number of hydrogen-bond acceptors (Lipinski definition) is 7. The number of aryl methyl sites for hydroxylation is 1. The van der Waals surface area contributed by atoms with Crippen molar-refractivity contribution in [3.8, 4) is 22.5 Å². The molecule has 5 N–H and O–H groups in total. The number of carbonyl (C=O) groups excluding carboxylic acids is 2. The number of nitrogens with one attached hydrogen (secondary N) is 1. The Hall–Kier alpha value is -4.18. The van der Waals surface area contributed by atoms with Crippen LogP contribution < -0.4 is 16.8 Å². The summed E-state index contributed by atoms with van der Waals surface area (Å²) in [5.41, 5.74) is 15.4. The number of nitrogens with zero attached hydrogens (tertiary/aromatic N) is 4. The third-order valence-electron chi connectivity index (χ3n) is 5.74. The summed E-state index contributed by atoms with van der Waals surface area (Å²) in [6.45, 7) is 7.45. The maximum absolute atomic E-state index is 12.8. The molecule has 4 aromatic rings. The lowest BCUT2D eigenvalue weighted by molar-refractivity contribution is -0.117. The highest BCUT2D eigenvalue weighted by molar-refractivity contribution is 6.33. The van der Waals surface area contributed by atoms with Crippen molar-refractivity contribution in [3.63, 3.8) is 0 Å². The third-order valence-corrected chi connectivity index (χ3v) is 6.05. The molecule has 2 amide bonds. The number of pyridine rings is 1. The van der Waals surface area contributed by atoms with Crippen LogP contribution >= 0.6 is 11.6 Å². The molecule has 0 saturated heterocycles. The van der Waals surface area contributed by atoms with E-state index in [1.54, 1.807) is 25.1 Å². The number of carbonyl (C=O) groups is 2. The minimum absolute atomic E-state index is 0.0635. The summed E-state index contributed by atoms with van der Waals surface area (Å²) in [6.07, 6.45) is 1.53. The van der Waals surface area contributed by atoms with E-state index in [0.29, 0.717) is 33.2 Å². The minimum Gasteiger partial charge on any atom is -0.383 e. The van der Waals surface area contributed by atoms with Crippen molar-refractivity contribution in [1.82, 2.24) is 19.9 Å². The Labute approximate surface area is 212 Å². The van der Waals surface area contributed by atoms with Crippen molar-refractivity contribution in [2.45, 2.75) is 39.7 Å². The van der Waals surface area contributed by atoms with Crippen LogP contribution in [0, 0.1) is 6.92 Å². The first-order valence-electron chi connectivity index (χ1n) is 11.2. The predicted octanol–water partition coefficient (Wildman–Crippen LogP) is 4.57. The maximum Gasteiger partial charge on any atom is 0.254 e.